The van der Waals surface area contributed by atoms with Gasteiger partial charge in [-0.25, -0.2) is 20.4 Å². The van der Waals surface area contributed by atoms with Gasteiger partial charge in [0, 0.05) is 12.5 Å². The summed E-state index contributed by atoms with van der Waals surface area (Å²) in [7, 11) is 0. The number of alkyl carbamates (subject to hydrolysis) is 1. The normalized spacial score (nSPS) is 35.1. The van der Waals surface area contributed by atoms with Gasteiger partial charge in [0.1, 0.15) is 23.2 Å². The van der Waals surface area contributed by atoms with E-state index in [9.17, 15) is 24.3 Å². The first-order valence-electron chi connectivity index (χ1n) is 16.5. The number of carboxylic acid groups (broad SMARTS) is 1. The van der Waals surface area contributed by atoms with Crippen LogP contribution in [0.25, 0.3) is 0 Å². The van der Waals surface area contributed by atoms with E-state index in [1.165, 1.54) is 37.0 Å². The highest BCUT2D eigenvalue weighted by Crippen LogP contribution is 2.45. The fourth-order valence-electron chi connectivity index (χ4n) is 7.16. The van der Waals surface area contributed by atoms with Crippen LogP contribution in [0.1, 0.15) is 104 Å². The molecule has 3 heterocycles. The maximum absolute atomic E-state index is 14.2. The molecule has 0 aromatic carbocycles. The first-order chi connectivity index (χ1) is 20.9. The molecule has 6 atom stereocenters. The van der Waals surface area contributed by atoms with Crippen LogP contribution in [0, 0.1) is 11.8 Å². The molecule has 6 N–H and O–H groups in total. The lowest BCUT2D eigenvalue weighted by Crippen LogP contribution is -2.56. The van der Waals surface area contributed by atoms with Crippen LogP contribution in [0.4, 0.5) is 4.79 Å². The van der Waals surface area contributed by atoms with Gasteiger partial charge in [0.25, 0.3) is 0 Å². The van der Waals surface area contributed by atoms with E-state index < -0.39 is 41.2 Å². The second kappa shape index (κ2) is 13.7. The number of hydrazine groups is 3. The highest BCUT2D eigenvalue weighted by atomic mass is 16.6. The topological polar surface area (TPSA) is 164 Å². The Labute approximate surface area is 260 Å². The Hall–Kier alpha value is -2.74. The van der Waals surface area contributed by atoms with Crippen LogP contribution in [0.15, 0.2) is 12.2 Å². The van der Waals surface area contributed by atoms with Crippen molar-refractivity contribution in [3.05, 3.63) is 12.2 Å². The molecular weight excluding hydrogens is 566 g/mol. The molecule has 246 valence electrons. The molecule has 5 aliphatic rings. The van der Waals surface area contributed by atoms with Gasteiger partial charge in [-0.15, -0.1) is 0 Å². The van der Waals surface area contributed by atoms with Gasteiger partial charge in [-0.05, 0) is 65.2 Å². The number of nitrogens with one attached hydrogen (secondary N) is 5. The van der Waals surface area contributed by atoms with E-state index in [2.05, 4.69) is 27.0 Å². The quantitative estimate of drug-likeness (QED) is 0.253. The Morgan fingerprint density at radius 2 is 1.82 bits per heavy atom. The molecule has 2 saturated carbocycles. The molecule has 0 bridgehead atoms. The van der Waals surface area contributed by atoms with Crippen molar-refractivity contribution in [2.75, 3.05) is 6.54 Å². The van der Waals surface area contributed by atoms with Crippen molar-refractivity contribution in [2.24, 2.45) is 11.8 Å². The summed E-state index contributed by atoms with van der Waals surface area (Å²) in [4.78, 5) is 54.7. The molecule has 2 saturated heterocycles. The van der Waals surface area contributed by atoms with Gasteiger partial charge in [-0.1, -0.05) is 57.1 Å². The SMILES string of the molecule is CC(C)(C)OC(=O)N[C@H]1CCCCC/C=C\[C@@H]2C[C@@]2(C(=O)O)NC(=O)[C@@H]2C[C@@H](N3NNC(CC4CCCCC4)N3)CN2C1=O. The van der Waals surface area contributed by atoms with Crippen molar-refractivity contribution < 1.29 is 29.0 Å². The third-order valence-corrected chi connectivity index (χ3v) is 9.64. The largest absolute Gasteiger partial charge is 0.479 e. The maximum Gasteiger partial charge on any atom is 0.408 e. The Balaban J connectivity index is 1.35. The number of allylic oxidation sites excluding steroid dienone is 1. The fourth-order valence-corrected chi connectivity index (χ4v) is 7.16. The Morgan fingerprint density at radius 3 is 2.55 bits per heavy atom. The van der Waals surface area contributed by atoms with Crippen molar-refractivity contribution in [2.45, 2.75) is 140 Å². The highest BCUT2D eigenvalue weighted by molar-refractivity contribution is 5.96. The van der Waals surface area contributed by atoms with Crippen molar-refractivity contribution >= 4 is 23.9 Å². The first-order valence-corrected chi connectivity index (χ1v) is 16.5. The molecule has 0 aromatic rings. The number of fused-ring (bicyclic) bond motifs is 2. The molecule has 13 heteroatoms. The predicted molar refractivity (Wildman–Crippen MR) is 162 cm³/mol. The summed E-state index contributed by atoms with van der Waals surface area (Å²) in [6, 6.07) is -2.04. The van der Waals surface area contributed by atoms with Crippen LogP contribution < -0.4 is 27.0 Å². The molecule has 3 amide bonds. The van der Waals surface area contributed by atoms with E-state index >= 15 is 0 Å². The third kappa shape index (κ3) is 7.91. The summed E-state index contributed by atoms with van der Waals surface area (Å²) in [6.07, 6.45) is 14.7. The highest BCUT2D eigenvalue weighted by Gasteiger charge is 2.61. The molecule has 44 heavy (non-hydrogen) atoms. The van der Waals surface area contributed by atoms with Crippen LogP contribution in [0.2, 0.25) is 0 Å². The van der Waals surface area contributed by atoms with Gasteiger partial charge in [0.2, 0.25) is 11.8 Å². The summed E-state index contributed by atoms with van der Waals surface area (Å²) >= 11 is 0. The van der Waals surface area contributed by atoms with Crippen molar-refractivity contribution in [1.29, 1.82) is 0 Å². The van der Waals surface area contributed by atoms with Crippen LogP contribution in [-0.2, 0) is 19.1 Å². The van der Waals surface area contributed by atoms with E-state index in [-0.39, 0.29) is 30.6 Å². The van der Waals surface area contributed by atoms with Crippen LogP contribution in [0.5, 0.6) is 0 Å². The number of amides is 3. The number of carboxylic acids is 1. The van der Waals surface area contributed by atoms with E-state index in [4.69, 9.17) is 4.74 Å². The van der Waals surface area contributed by atoms with E-state index in [1.807, 2.05) is 17.3 Å². The molecule has 2 aliphatic carbocycles. The summed E-state index contributed by atoms with van der Waals surface area (Å²) in [6.45, 7) is 5.52. The lowest BCUT2D eigenvalue weighted by molar-refractivity contribution is -0.145. The molecule has 5 rings (SSSR count). The van der Waals surface area contributed by atoms with Gasteiger partial charge < -0.3 is 25.4 Å². The minimum atomic E-state index is -1.37. The first kappa shape index (κ1) is 32.6. The Kier molecular flexibility index (Phi) is 10.2. The molecule has 0 spiro atoms. The monoisotopic (exact) mass is 617 g/mol. The van der Waals surface area contributed by atoms with Crippen molar-refractivity contribution in [1.82, 2.24) is 37.0 Å². The smallest absolute Gasteiger partial charge is 0.408 e. The summed E-state index contributed by atoms with van der Waals surface area (Å²) in [5, 5.41) is 17.5. The van der Waals surface area contributed by atoms with Crippen LogP contribution in [-0.4, -0.2) is 81.0 Å². The molecule has 3 aliphatic heterocycles. The fraction of sp³-hybridized carbons (Fsp3) is 0.806. The number of carbonyl (C=O) groups is 4. The van der Waals surface area contributed by atoms with Crippen LogP contribution >= 0.6 is 0 Å². The molecule has 0 aromatic heterocycles. The van der Waals surface area contributed by atoms with E-state index in [0.717, 1.165) is 25.7 Å². The lowest BCUT2D eigenvalue weighted by Gasteiger charge is -2.30. The molecule has 1 unspecified atom stereocenters. The summed E-state index contributed by atoms with van der Waals surface area (Å²) in [5.41, 5.74) is 7.88. The van der Waals surface area contributed by atoms with Crippen molar-refractivity contribution in [3.8, 4) is 0 Å². The van der Waals surface area contributed by atoms with Gasteiger partial charge in [-0.3, -0.25) is 9.59 Å². The number of carbonyl (C=O) groups excluding carboxylic acids is 3. The minimum Gasteiger partial charge on any atom is -0.479 e. The van der Waals surface area contributed by atoms with E-state index in [1.54, 1.807) is 20.8 Å². The molecular formula is C31H51N7O6. The average molecular weight is 618 g/mol. The van der Waals surface area contributed by atoms with Gasteiger partial charge in [0.15, 0.2) is 0 Å². The maximum atomic E-state index is 14.2. The van der Waals surface area contributed by atoms with Gasteiger partial charge in [0.05, 0.1) is 12.2 Å². The zero-order valence-electron chi connectivity index (χ0n) is 26.4. The number of ether oxygens (including phenoxy) is 1. The molecule has 13 nitrogen and oxygen atoms in total. The number of rotatable bonds is 5. The Morgan fingerprint density at radius 1 is 1.09 bits per heavy atom. The molecule has 0 radical (unpaired) electrons. The predicted octanol–water partition coefficient (Wildman–Crippen LogP) is 2.45. The van der Waals surface area contributed by atoms with Gasteiger partial charge in [-0.2, -0.15) is 10.7 Å². The third-order valence-electron chi connectivity index (χ3n) is 9.64. The van der Waals surface area contributed by atoms with Crippen LogP contribution in [0.3, 0.4) is 0 Å². The van der Waals surface area contributed by atoms with Gasteiger partial charge >= 0.3 is 12.1 Å². The summed E-state index contributed by atoms with van der Waals surface area (Å²) < 4.78 is 5.47. The second-order valence-corrected chi connectivity index (χ2v) is 14.3. The standard InChI is InChI=1S/C31H51N7O6/c1-30(2,3)44-29(43)32-23-15-11-6-4-5-10-14-21-18-31(21,28(41)42)33-26(39)24-17-22(19-37(24)27(23)40)38-35-25(34-36-38)16-20-12-8-7-9-13-20/h10,14,20-25,34-36H,4-9,11-13,15-19H2,1-3H3,(H,32,43)(H,33,39)(H,41,42)/b14-10-/t21-,22-,23+,24+,25?,31-/m1/s1. The minimum absolute atomic E-state index is 0.0246. The average Bonchev–Trinajstić information content (AvgIpc) is 3.27. The summed E-state index contributed by atoms with van der Waals surface area (Å²) in [5.74, 6) is -1.57. The Bertz CT molecular complexity index is 1110. The lowest BCUT2D eigenvalue weighted by atomic mass is 9.86. The zero-order valence-corrected chi connectivity index (χ0v) is 26.4. The van der Waals surface area contributed by atoms with Crippen molar-refractivity contribution in [3.63, 3.8) is 0 Å². The van der Waals surface area contributed by atoms with E-state index in [0.29, 0.717) is 31.6 Å². The zero-order chi connectivity index (χ0) is 31.5. The second-order valence-electron chi connectivity index (χ2n) is 14.3. The number of hydrogen-bond donors (Lipinski definition) is 6. The number of nitrogens with zero attached hydrogens (tertiary/aromatic N) is 2. The number of hydrogen-bond acceptors (Lipinski definition) is 9. The number of aliphatic carboxylic acids is 1. The molecule has 4 fully saturated rings.